The van der Waals surface area contributed by atoms with Crippen molar-refractivity contribution in [2.75, 3.05) is 40.3 Å². The van der Waals surface area contributed by atoms with Crippen LogP contribution in [-0.2, 0) is 0 Å². The summed E-state index contributed by atoms with van der Waals surface area (Å²) in [6.07, 6.45) is 51.0. The molecule has 0 rings (SSSR count). The van der Waals surface area contributed by atoms with Crippen molar-refractivity contribution < 1.29 is 0 Å². The smallest absolute Gasteiger partial charge is 0.0109 e. The molecule has 0 amide bonds. The SMILES string of the molecule is CCCCCC=CCC=CCCCCCCCCN(CCCCCCCCC=CCC=CCCCCC)CCN(C)C. The molecule has 0 aromatic rings. The second kappa shape index (κ2) is 36.1. The van der Waals surface area contributed by atoms with E-state index in [9.17, 15) is 0 Å². The largest absolute Gasteiger partial charge is 0.308 e. The summed E-state index contributed by atoms with van der Waals surface area (Å²) in [6, 6.07) is 0. The summed E-state index contributed by atoms with van der Waals surface area (Å²) >= 11 is 0. The summed E-state index contributed by atoms with van der Waals surface area (Å²) in [5.41, 5.74) is 0. The fourth-order valence-electron chi connectivity index (χ4n) is 5.32. The third-order valence-electron chi connectivity index (χ3n) is 8.21. The van der Waals surface area contributed by atoms with Gasteiger partial charge in [0.2, 0.25) is 0 Å². The zero-order valence-electron chi connectivity index (χ0n) is 29.3. The maximum atomic E-state index is 2.74. The van der Waals surface area contributed by atoms with Gasteiger partial charge in [-0.2, -0.15) is 0 Å². The van der Waals surface area contributed by atoms with E-state index in [1.165, 1.54) is 167 Å². The van der Waals surface area contributed by atoms with Gasteiger partial charge in [0.05, 0.1) is 0 Å². The molecule has 0 aliphatic heterocycles. The van der Waals surface area contributed by atoms with Crippen molar-refractivity contribution in [3.63, 3.8) is 0 Å². The highest BCUT2D eigenvalue weighted by Gasteiger charge is 2.05. The molecule has 0 radical (unpaired) electrons. The van der Waals surface area contributed by atoms with E-state index in [-0.39, 0.29) is 0 Å². The van der Waals surface area contributed by atoms with Crippen molar-refractivity contribution in [1.82, 2.24) is 9.80 Å². The molecule has 0 bridgehead atoms. The Hall–Kier alpha value is -1.12. The predicted octanol–water partition coefficient (Wildman–Crippen LogP) is 12.5. The topological polar surface area (TPSA) is 6.48 Å². The Balaban J connectivity index is 3.70. The van der Waals surface area contributed by atoms with Crippen LogP contribution < -0.4 is 0 Å². The molecule has 0 aliphatic rings. The van der Waals surface area contributed by atoms with Gasteiger partial charge in [-0.25, -0.2) is 0 Å². The van der Waals surface area contributed by atoms with E-state index < -0.39 is 0 Å². The first-order valence-electron chi connectivity index (χ1n) is 18.7. The lowest BCUT2D eigenvalue weighted by Gasteiger charge is -2.24. The molecule has 0 aliphatic carbocycles. The first-order chi connectivity index (χ1) is 20.7. The van der Waals surface area contributed by atoms with E-state index in [4.69, 9.17) is 0 Å². The van der Waals surface area contributed by atoms with E-state index in [1.807, 2.05) is 0 Å². The molecule has 0 aromatic heterocycles. The van der Waals surface area contributed by atoms with Crippen molar-refractivity contribution >= 4 is 0 Å². The van der Waals surface area contributed by atoms with E-state index in [0.717, 1.165) is 12.8 Å². The van der Waals surface area contributed by atoms with Crippen LogP contribution in [-0.4, -0.2) is 50.1 Å². The van der Waals surface area contributed by atoms with E-state index in [2.05, 4.69) is 86.4 Å². The van der Waals surface area contributed by atoms with Gasteiger partial charge in [-0.1, -0.05) is 140 Å². The minimum absolute atomic E-state index is 1.12. The number of likely N-dealkylation sites (N-methyl/N-ethyl adjacent to an activating group) is 1. The molecule has 0 saturated heterocycles. The Morgan fingerprint density at radius 2 is 0.667 bits per heavy atom. The second-order valence-corrected chi connectivity index (χ2v) is 12.8. The van der Waals surface area contributed by atoms with E-state index >= 15 is 0 Å². The average Bonchev–Trinajstić information content (AvgIpc) is 2.98. The predicted molar refractivity (Wildman–Crippen MR) is 194 cm³/mol. The van der Waals surface area contributed by atoms with Crippen molar-refractivity contribution in [3.8, 4) is 0 Å². The Morgan fingerprint density at radius 3 is 1.02 bits per heavy atom. The van der Waals surface area contributed by atoms with Gasteiger partial charge in [0.25, 0.3) is 0 Å². The molecule has 246 valence electrons. The summed E-state index contributed by atoms with van der Waals surface area (Å²) in [5.74, 6) is 0. The summed E-state index contributed by atoms with van der Waals surface area (Å²) in [6.45, 7) is 9.55. The maximum Gasteiger partial charge on any atom is 0.0109 e. The van der Waals surface area contributed by atoms with Gasteiger partial charge in [-0.3, -0.25) is 0 Å². The molecule has 0 saturated carbocycles. The van der Waals surface area contributed by atoms with Crippen molar-refractivity contribution in [2.45, 2.75) is 168 Å². The average molecular weight is 585 g/mol. The zero-order chi connectivity index (χ0) is 30.6. The van der Waals surface area contributed by atoms with Gasteiger partial charge < -0.3 is 9.80 Å². The van der Waals surface area contributed by atoms with E-state index in [0.29, 0.717) is 0 Å². The molecule has 0 N–H and O–H groups in total. The minimum atomic E-state index is 1.12. The third kappa shape index (κ3) is 35.1. The van der Waals surface area contributed by atoms with Crippen LogP contribution in [0.25, 0.3) is 0 Å². The molecule has 0 unspecified atom stereocenters. The van der Waals surface area contributed by atoms with Gasteiger partial charge >= 0.3 is 0 Å². The van der Waals surface area contributed by atoms with Crippen LogP contribution in [0.15, 0.2) is 48.6 Å². The molecule has 2 nitrogen and oxygen atoms in total. The monoisotopic (exact) mass is 585 g/mol. The molecular weight excluding hydrogens is 508 g/mol. The molecule has 42 heavy (non-hydrogen) atoms. The Bertz CT molecular complexity index is 567. The molecule has 0 heterocycles. The highest BCUT2D eigenvalue weighted by Crippen LogP contribution is 2.11. The number of hydrogen-bond donors (Lipinski definition) is 0. The quantitative estimate of drug-likeness (QED) is 0.0559. The highest BCUT2D eigenvalue weighted by atomic mass is 15.2. The van der Waals surface area contributed by atoms with E-state index in [1.54, 1.807) is 0 Å². The normalized spacial score (nSPS) is 12.6. The molecule has 0 fully saturated rings. The lowest BCUT2D eigenvalue weighted by atomic mass is 10.1. The molecule has 2 heteroatoms. The highest BCUT2D eigenvalue weighted by molar-refractivity contribution is 4.93. The maximum absolute atomic E-state index is 2.74. The Labute approximate surface area is 266 Å². The fourth-order valence-corrected chi connectivity index (χ4v) is 5.32. The summed E-state index contributed by atoms with van der Waals surface area (Å²) < 4.78 is 0. The second-order valence-electron chi connectivity index (χ2n) is 12.8. The van der Waals surface area contributed by atoms with Crippen LogP contribution in [0.3, 0.4) is 0 Å². The van der Waals surface area contributed by atoms with Crippen LogP contribution in [0.5, 0.6) is 0 Å². The lowest BCUT2D eigenvalue weighted by molar-refractivity contribution is 0.231. The summed E-state index contributed by atoms with van der Waals surface area (Å²) in [5, 5.41) is 0. The number of nitrogens with zero attached hydrogens (tertiary/aromatic N) is 2. The molecular formula is C40H76N2. The summed E-state index contributed by atoms with van der Waals surface area (Å²) in [4.78, 5) is 5.08. The first-order valence-corrected chi connectivity index (χ1v) is 18.7. The Morgan fingerprint density at radius 1 is 0.333 bits per heavy atom. The number of rotatable bonds is 33. The number of hydrogen-bond acceptors (Lipinski definition) is 2. The third-order valence-corrected chi connectivity index (χ3v) is 8.21. The standard InChI is InChI=1S/C40H76N2/c1-5-7-9-11-13-15-17-19-21-23-25-27-29-31-33-35-37-42(40-39-41(3)4)38-36-34-32-30-28-26-24-22-20-18-16-14-12-10-8-6-2/h13-16,19-22H,5-12,17-18,23-40H2,1-4H3. The Kier molecular flexibility index (Phi) is 35.1. The van der Waals surface area contributed by atoms with Crippen molar-refractivity contribution in [1.29, 1.82) is 0 Å². The van der Waals surface area contributed by atoms with Crippen LogP contribution in [0.1, 0.15) is 168 Å². The van der Waals surface area contributed by atoms with Crippen LogP contribution >= 0.6 is 0 Å². The van der Waals surface area contributed by atoms with Gasteiger partial charge in [-0.15, -0.1) is 0 Å². The van der Waals surface area contributed by atoms with Crippen LogP contribution in [0.4, 0.5) is 0 Å². The summed E-state index contributed by atoms with van der Waals surface area (Å²) in [7, 11) is 4.42. The lowest BCUT2D eigenvalue weighted by Crippen LogP contribution is -2.33. The van der Waals surface area contributed by atoms with Crippen LogP contribution in [0.2, 0.25) is 0 Å². The van der Waals surface area contributed by atoms with Crippen molar-refractivity contribution in [3.05, 3.63) is 48.6 Å². The molecule has 0 aromatic carbocycles. The van der Waals surface area contributed by atoms with Gasteiger partial charge in [0, 0.05) is 13.1 Å². The number of unbranched alkanes of at least 4 members (excludes halogenated alkanes) is 18. The first kappa shape index (κ1) is 40.9. The molecule has 0 atom stereocenters. The van der Waals surface area contributed by atoms with Crippen LogP contribution in [0, 0.1) is 0 Å². The van der Waals surface area contributed by atoms with Gasteiger partial charge in [-0.05, 0) is 104 Å². The minimum Gasteiger partial charge on any atom is -0.308 e. The fraction of sp³-hybridized carbons (Fsp3) is 0.800. The number of allylic oxidation sites excluding steroid dienone is 8. The van der Waals surface area contributed by atoms with Gasteiger partial charge in [0.1, 0.15) is 0 Å². The van der Waals surface area contributed by atoms with Crippen molar-refractivity contribution in [2.24, 2.45) is 0 Å². The molecule has 0 spiro atoms. The zero-order valence-corrected chi connectivity index (χ0v) is 29.3. The van der Waals surface area contributed by atoms with Gasteiger partial charge in [0.15, 0.2) is 0 Å².